The van der Waals surface area contributed by atoms with Crippen LogP contribution >= 0.6 is 0 Å². The maximum atomic E-state index is 12.9. The third-order valence-electron chi connectivity index (χ3n) is 6.79. The van der Waals surface area contributed by atoms with E-state index in [9.17, 15) is 4.79 Å². The molecular formula is C25H36N6O. The number of carbonyl (C=O) groups excluding carboxylic acids is 1. The molecule has 7 nitrogen and oxygen atoms in total. The van der Waals surface area contributed by atoms with Gasteiger partial charge in [0, 0.05) is 32.6 Å². The van der Waals surface area contributed by atoms with Gasteiger partial charge in [-0.15, -0.1) is 0 Å². The Balaban J connectivity index is 1.31. The number of amides is 1. The van der Waals surface area contributed by atoms with E-state index < -0.39 is 0 Å². The third-order valence-corrected chi connectivity index (χ3v) is 6.79. The number of piperidine rings is 2. The molecule has 32 heavy (non-hydrogen) atoms. The van der Waals surface area contributed by atoms with Gasteiger partial charge in [0.25, 0.3) is 0 Å². The lowest BCUT2D eigenvalue weighted by Gasteiger charge is -2.32. The van der Waals surface area contributed by atoms with Crippen LogP contribution in [0.1, 0.15) is 54.6 Å². The minimum atomic E-state index is 0.127. The van der Waals surface area contributed by atoms with Crippen molar-refractivity contribution in [3.8, 4) is 0 Å². The summed E-state index contributed by atoms with van der Waals surface area (Å²) < 4.78 is 0. The number of likely N-dealkylation sites (N-methyl/N-ethyl adjacent to an activating group) is 1. The number of nitrogens with zero attached hydrogens (tertiary/aromatic N) is 4. The first-order valence-corrected chi connectivity index (χ1v) is 11.9. The Morgan fingerprint density at radius 1 is 1.16 bits per heavy atom. The molecule has 1 atom stereocenters. The van der Waals surface area contributed by atoms with Crippen LogP contribution in [0.2, 0.25) is 0 Å². The van der Waals surface area contributed by atoms with Crippen molar-refractivity contribution in [1.82, 2.24) is 25.1 Å². The molecule has 1 amide bonds. The van der Waals surface area contributed by atoms with Gasteiger partial charge in [0.1, 0.15) is 11.6 Å². The first-order valence-electron chi connectivity index (χ1n) is 11.9. The fraction of sp³-hybridized carbons (Fsp3) is 0.560. The van der Waals surface area contributed by atoms with Crippen LogP contribution in [0.5, 0.6) is 0 Å². The molecule has 1 aromatic heterocycles. The zero-order valence-electron chi connectivity index (χ0n) is 19.4. The van der Waals surface area contributed by atoms with Crippen molar-refractivity contribution in [2.45, 2.75) is 44.1 Å². The number of anilines is 1. The molecule has 0 radical (unpaired) electrons. The highest BCUT2D eigenvalue weighted by atomic mass is 16.2. The molecule has 2 fully saturated rings. The number of benzene rings is 1. The van der Waals surface area contributed by atoms with Gasteiger partial charge in [-0.1, -0.05) is 30.3 Å². The van der Waals surface area contributed by atoms with Crippen molar-refractivity contribution in [1.29, 1.82) is 0 Å². The van der Waals surface area contributed by atoms with Crippen LogP contribution in [-0.4, -0.2) is 72.5 Å². The van der Waals surface area contributed by atoms with Crippen LogP contribution in [0.4, 0.5) is 5.82 Å². The monoisotopic (exact) mass is 436 g/mol. The van der Waals surface area contributed by atoms with Crippen molar-refractivity contribution in [3.05, 3.63) is 53.5 Å². The average molecular weight is 437 g/mol. The standard InChI is InChI=1S/C25H36N6O/c1-26-23-15-22(21-9-6-12-27-16-21)28-24(29-23)17-30(2)25(32)18-31-13-10-20(11-14-31)19-7-4-3-5-8-19/h3-5,7-8,15,20-21,27H,6,9-14,16-18H2,1-2H3,(H,26,28,29)/t21-/m1/s1. The molecule has 172 valence electrons. The molecule has 2 aliphatic rings. The van der Waals surface area contributed by atoms with Gasteiger partial charge < -0.3 is 15.5 Å². The molecule has 4 rings (SSSR count). The summed E-state index contributed by atoms with van der Waals surface area (Å²) in [7, 11) is 3.74. The fourth-order valence-electron chi connectivity index (χ4n) is 4.79. The highest BCUT2D eigenvalue weighted by molar-refractivity contribution is 5.77. The van der Waals surface area contributed by atoms with Gasteiger partial charge in [-0.25, -0.2) is 9.97 Å². The maximum absolute atomic E-state index is 12.9. The largest absolute Gasteiger partial charge is 0.373 e. The van der Waals surface area contributed by atoms with Gasteiger partial charge in [0.15, 0.2) is 0 Å². The molecule has 7 heteroatoms. The normalized spacial score (nSPS) is 20.1. The molecule has 0 spiro atoms. The molecule has 2 N–H and O–H groups in total. The molecule has 2 aromatic rings. The molecule has 0 aliphatic carbocycles. The summed E-state index contributed by atoms with van der Waals surface area (Å²) in [5.74, 6) is 2.66. The number of nitrogens with one attached hydrogen (secondary N) is 2. The molecule has 2 saturated heterocycles. The number of carbonyl (C=O) groups is 1. The lowest BCUT2D eigenvalue weighted by atomic mass is 9.89. The topological polar surface area (TPSA) is 73.4 Å². The second kappa shape index (κ2) is 10.9. The summed E-state index contributed by atoms with van der Waals surface area (Å²) in [4.78, 5) is 26.4. The van der Waals surface area contributed by atoms with Gasteiger partial charge in [0.05, 0.1) is 18.8 Å². The Morgan fingerprint density at radius 2 is 1.94 bits per heavy atom. The summed E-state index contributed by atoms with van der Waals surface area (Å²) >= 11 is 0. The van der Waals surface area contributed by atoms with Crippen LogP contribution in [0.15, 0.2) is 36.4 Å². The number of hydrogen-bond donors (Lipinski definition) is 2. The molecule has 0 unspecified atom stereocenters. The maximum Gasteiger partial charge on any atom is 0.236 e. The predicted molar refractivity (Wildman–Crippen MR) is 128 cm³/mol. The quantitative estimate of drug-likeness (QED) is 0.695. The summed E-state index contributed by atoms with van der Waals surface area (Å²) in [6.45, 7) is 4.85. The van der Waals surface area contributed by atoms with Gasteiger partial charge in [-0.3, -0.25) is 9.69 Å². The zero-order chi connectivity index (χ0) is 22.3. The van der Waals surface area contributed by atoms with Crippen LogP contribution in [-0.2, 0) is 11.3 Å². The van der Waals surface area contributed by atoms with Crippen molar-refractivity contribution in [2.75, 3.05) is 52.1 Å². The van der Waals surface area contributed by atoms with E-state index in [4.69, 9.17) is 4.98 Å². The van der Waals surface area contributed by atoms with Gasteiger partial charge in [-0.05, 0) is 56.8 Å². The minimum absolute atomic E-state index is 0.127. The number of likely N-dealkylation sites (tertiary alicyclic amines) is 1. The summed E-state index contributed by atoms with van der Waals surface area (Å²) in [6.07, 6.45) is 4.51. The SMILES string of the molecule is CNc1cc([C@@H]2CCCNC2)nc(CN(C)C(=O)CN2CCC(c3ccccc3)CC2)n1. The highest BCUT2D eigenvalue weighted by Gasteiger charge is 2.24. The van der Waals surface area contributed by atoms with Crippen molar-refractivity contribution in [2.24, 2.45) is 0 Å². The second-order valence-electron chi connectivity index (χ2n) is 9.10. The molecule has 1 aromatic carbocycles. The molecule has 0 bridgehead atoms. The average Bonchev–Trinajstić information content (AvgIpc) is 2.85. The Labute approximate surface area is 191 Å². The molecule has 2 aliphatic heterocycles. The first-order chi connectivity index (χ1) is 15.6. The zero-order valence-corrected chi connectivity index (χ0v) is 19.4. The Hall–Kier alpha value is -2.51. The van der Waals surface area contributed by atoms with Crippen LogP contribution < -0.4 is 10.6 Å². The van der Waals surface area contributed by atoms with Crippen LogP contribution in [0, 0.1) is 0 Å². The Bertz CT molecular complexity index is 875. The highest BCUT2D eigenvalue weighted by Crippen LogP contribution is 2.28. The molecule has 0 saturated carbocycles. The molecule has 3 heterocycles. The van der Waals surface area contributed by atoms with E-state index in [0.29, 0.717) is 30.7 Å². The summed E-state index contributed by atoms with van der Waals surface area (Å²) in [5, 5.41) is 6.61. The predicted octanol–water partition coefficient (Wildman–Crippen LogP) is 2.82. The summed E-state index contributed by atoms with van der Waals surface area (Å²) in [5.41, 5.74) is 2.48. The van der Waals surface area contributed by atoms with Gasteiger partial charge in [0.2, 0.25) is 5.91 Å². The van der Waals surface area contributed by atoms with Crippen LogP contribution in [0.3, 0.4) is 0 Å². The van der Waals surface area contributed by atoms with Crippen molar-refractivity contribution in [3.63, 3.8) is 0 Å². The third kappa shape index (κ3) is 5.84. The van der Waals surface area contributed by atoms with E-state index in [2.05, 4.69) is 50.8 Å². The number of rotatable bonds is 7. The van der Waals surface area contributed by atoms with Crippen molar-refractivity contribution < 1.29 is 4.79 Å². The minimum Gasteiger partial charge on any atom is -0.373 e. The smallest absolute Gasteiger partial charge is 0.236 e. The number of aromatic nitrogens is 2. The van der Waals surface area contributed by atoms with Crippen molar-refractivity contribution >= 4 is 11.7 Å². The first kappa shape index (κ1) is 22.7. The van der Waals surface area contributed by atoms with E-state index >= 15 is 0 Å². The van der Waals surface area contributed by atoms with Gasteiger partial charge >= 0.3 is 0 Å². The Kier molecular flexibility index (Phi) is 7.71. The van der Waals surface area contributed by atoms with E-state index in [-0.39, 0.29) is 5.91 Å². The molecular weight excluding hydrogens is 400 g/mol. The second-order valence-corrected chi connectivity index (χ2v) is 9.10. The Morgan fingerprint density at radius 3 is 2.62 bits per heavy atom. The van der Waals surface area contributed by atoms with E-state index in [1.807, 2.05) is 20.2 Å². The lowest BCUT2D eigenvalue weighted by Crippen LogP contribution is -2.41. The van der Waals surface area contributed by atoms with E-state index in [1.165, 1.54) is 5.56 Å². The number of hydrogen-bond acceptors (Lipinski definition) is 6. The summed E-state index contributed by atoms with van der Waals surface area (Å²) in [6, 6.07) is 12.8. The van der Waals surface area contributed by atoms with Gasteiger partial charge in [-0.2, -0.15) is 0 Å². The fourth-order valence-corrected chi connectivity index (χ4v) is 4.79. The van der Waals surface area contributed by atoms with Crippen LogP contribution in [0.25, 0.3) is 0 Å². The lowest BCUT2D eigenvalue weighted by molar-refractivity contribution is -0.132. The van der Waals surface area contributed by atoms with E-state index in [1.54, 1.807) is 4.90 Å². The van der Waals surface area contributed by atoms with E-state index in [0.717, 1.165) is 63.4 Å².